The molecule has 0 spiro atoms. The van der Waals surface area contributed by atoms with Crippen LogP contribution >= 0.6 is 0 Å². The second-order valence-electron chi connectivity index (χ2n) is 1.43. The number of hydrogen-bond donors (Lipinski definition) is 3. The summed E-state index contributed by atoms with van der Waals surface area (Å²) in [5, 5.41) is 11.5. The summed E-state index contributed by atoms with van der Waals surface area (Å²) in [4.78, 5) is 4.51. The van der Waals surface area contributed by atoms with Gasteiger partial charge in [0.25, 0.3) is 0 Å². The smallest absolute Gasteiger partial charge is 0.228 e. The number of nitrogens with zero attached hydrogens (tertiary/aromatic N) is 1. The third kappa shape index (κ3) is 7.03. The van der Waals surface area contributed by atoms with Gasteiger partial charge in [0.15, 0.2) is 0 Å². The van der Waals surface area contributed by atoms with E-state index >= 15 is 0 Å². The van der Waals surface area contributed by atoms with E-state index in [-0.39, 0.29) is 12.6 Å². The molecule has 5 N–H and O–H groups in total. The summed E-state index contributed by atoms with van der Waals surface area (Å²) in [6.45, 7) is 0.425. The summed E-state index contributed by atoms with van der Waals surface area (Å²) < 4.78 is 0. The number of hydrogen-bond acceptors (Lipinski definition) is 3. The Hall–Kier alpha value is -0.970. The summed E-state index contributed by atoms with van der Waals surface area (Å²) in [6, 6.07) is 0. The lowest BCUT2D eigenvalue weighted by Gasteiger charge is -1.94. The fourth-order valence-electron chi connectivity index (χ4n) is 0.249. The molecule has 0 aliphatic rings. The first-order chi connectivity index (χ1) is 4.27. The van der Waals surface area contributed by atoms with Crippen molar-refractivity contribution < 1.29 is 9.94 Å². The van der Waals surface area contributed by atoms with Crippen molar-refractivity contribution in [1.82, 2.24) is 0 Å². The molecule has 0 atom stereocenters. The van der Waals surface area contributed by atoms with Crippen LogP contribution in [0.15, 0.2) is 5.16 Å². The third-order valence-electron chi connectivity index (χ3n) is 0.564. The van der Waals surface area contributed by atoms with Gasteiger partial charge in [-0.15, -0.1) is 0 Å². The Morgan fingerprint density at radius 2 is 2.22 bits per heavy atom. The van der Waals surface area contributed by atoms with Gasteiger partial charge in [0.1, 0.15) is 6.61 Å². The van der Waals surface area contributed by atoms with Crippen LogP contribution in [0, 0.1) is 0 Å². The number of aliphatic hydroxyl groups excluding tert-OH is 1. The van der Waals surface area contributed by atoms with Crippen LogP contribution in [-0.2, 0) is 4.84 Å². The molecular formula is C4H11N3O2. The maximum absolute atomic E-state index is 8.24. The molecule has 0 saturated carbocycles. The van der Waals surface area contributed by atoms with Crippen LogP contribution < -0.4 is 11.5 Å². The van der Waals surface area contributed by atoms with Gasteiger partial charge in [0, 0.05) is 13.0 Å². The van der Waals surface area contributed by atoms with E-state index in [0.29, 0.717) is 13.0 Å². The largest absolute Gasteiger partial charge is 0.396 e. The highest BCUT2D eigenvalue weighted by Crippen LogP contribution is 1.79. The van der Waals surface area contributed by atoms with Gasteiger partial charge in [-0.05, 0) is 5.16 Å². The fourth-order valence-corrected chi connectivity index (χ4v) is 0.249. The molecule has 0 radical (unpaired) electrons. The van der Waals surface area contributed by atoms with Crippen LogP contribution in [0.4, 0.5) is 0 Å². The van der Waals surface area contributed by atoms with Gasteiger partial charge in [-0.25, -0.2) is 0 Å². The maximum Gasteiger partial charge on any atom is 0.228 e. The summed E-state index contributed by atoms with van der Waals surface area (Å²) >= 11 is 0. The van der Waals surface area contributed by atoms with E-state index in [1.54, 1.807) is 0 Å². The highest BCUT2D eigenvalue weighted by atomic mass is 16.6. The molecule has 0 aromatic heterocycles. The zero-order valence-electron chi connectivity index (χ0n) is 5.08. The van der Waals surface area contributed by atoms with Gasteiger partial charge in [-0.2, -0.15) is 0 Å². The average molecular weight is 133 g/mol. The van der Waals surface area contributed by atoms with E-state index < -0.39 is 0 Å². The van der Waals surface area contributed by atoms with Crippen molar-refractivity contribution in [2.24, 2.45) is 16.6 Å². The molecular weight excluding hydrogens is 122 g/mol. The Balaban J connectivity index is 3.00. The third-order valence-corrected chi connectivity index (χ3v) is 0.564. The first kappa shape index (κ1) is 8.03. The van der Waals surface area contributed by atoms with Crippen LogP contribution in [0.1, 0.15) is 6.42 Å². The van der Waals surface area contributed by atoms with Gasteiger partial charge in [0.05, 0.1) is 0 Å². The quantitative estimate of drug-likeness (QED) is 0.190. The lowest BCUT2D eigenvalue weighted by Crippen LogP contribution is -2.22. The minimum Gasteiger partial charge on any atom is -0.396 e. The topological polar surface area (TPSA) is 93.9 Å². The van der Waals surface area contributed by atoms with E-state index in [1.165, 1.54) is 0 Å². The lowest BCUT2D eigenvalue weighted by atomic mass is 10.5. The van der Waals surface area contributed by atoms with E-state index in [9.17, 15) is 0 Å². The van der Waals surface area contributed by atoms with Crippen molar-refractivity contribution in [2.75, 3.05) is 13.2 Å². The zero-order chi connectivity index (χ0) is 7.11. The zero-order valence-corrected chi connectivity index (χ0v) is 5.08. The van der Waals surface area contributed by atoms with Crippen molar-refractivity contribution >= 4 is 5.96 Å². The first-order valence-corrected chi connectivity index (χ1v) is 2.59. The molecule has 0 aliphatic heterocycles. The molecule has 0 amide bonds. The van der Waals surface area contributed by atoms with Crippen LogP contribution in [0.3, 0.4) is 0 Å². The van der Waals surface area contributed by atoms with Gasteiger partial charge in [0.2, 0.25) is 5.96 Å². The Kier molecular flexibility index (Phi) is 4.61. The van der Waals surface area contributed by atoms with Gasteiger partial charge in [-0.3, -0.25) is 0 Å². The normalized spacial score (nSPS) is 8.56. The second-order valence-corrected chi connectivity index (χ2v) is 1.43. The number of guanidine groups is 1. The van der Waals surface area contributed by atoms with E-state index in [4.69, 9.17) is 16.6 Å². The molecule has 0 heterocycles. The molecule has 0 rings (SSSR count). The summed E-state index contributed by atoms with van der Waals surface area (Å²) in [7, 11) is 0. The summed E-state index contributed by atoms with van der Waals surface area (Å²) in [5.74, 6) is -0.104. The van der Waals surface area contributed by atoms with Crippen LogP contribution in [-0.4, -0.2) is 24.3 Å². The Bertz CT molecular complexity index is 89.8. The second kappa shape index (κ2) is 5.17. The summed E-state index contributed by atoms with van der Waals surface area (Å²) in [6.07, 6.45) is 0.538. The monoisotopic (exact) mass is 133 g/mol. The highest BCUT2D eigenvalue weighted by Gasteiger charge is 1.82. The highest BCUT2D eigenvalue weighted by molar-refractivity contribution is 5.74. The van der Waals surface area contributed by atoms with Crippen LogP contribution in [0.5, 0.6) is 0 Å². The fraction of sp³-hybridized carbons (Fsp3) is 0.750. The Morgan fingerprint density at radius 1 is 1.56 bits per heavy atom. The first-order valence-electron chi connectivity index (χ1n) is 2.59. The molecule has 9 heavy (non-hydrogen) atoms. The van der Waals surface area contributed by atoms with E-state index in [0.717, 1.165) is 0 Å². The number of oxime groups is 1. The minimum absolute atomic E-state index is 0.0833. The molecule has 0 aliphatic carbocycles. The predicted molar refractivity (Wildman–Crippen MR) is 33.5 cm³/mol. The number of rotatable bonds is 4. The van der Waals surface area contributed by atoms with Crippen molar-refractivity contribution in [1.29, 1.82) is 0 Å². The van der Waals surface area contributed by atoms with Crippen molar-refractivity contribution in [2.45, 2.75) is 6.42 Å². The van der Waals surface area contributed by atoms with Crippen LogP contribution in [0.25, 0.3) is 0 Å². The Morgan fingerprint density at radius 3 is 2.67 bits per heavy atom. The van der Waals surface area contributed by atoms with Crippen LogP contribution in [0.2, 0.25) is 0 Å². The van der Waals surface area contributed by atoms with E-state index in [1.807, 2.05) is 0 Å². The number of nitrogens with two attached hydrogens (primary N) is 2. The average Bonchev–Trinajstić information content (AvgIpc) is 1.80. The van der Waals surface area contributed by atoms with E-state index in [2.05, 4.69) is 9.99 Å². The molecule has 0 unspecified atom stereocenters. The molecule has 0 bridgehead atoms. The molecule has 5 nitrogen and oxygen atoms in total. The molecule has 5 heteroatoms. The van der Waals surface area contributed by atoms with Crippen molar-refractivity contribution in [3.8, 4) is 0 Å². The molecule has 0 aromatic carbocycles. The lowest BCUT2D eigenvalue weighted by molar-refractivity contribution is 0.123. The number of aliphatic hydroxyl groups is 1. The van der Waals surface area contributed by atoms with Crippen molar-refractivity contribution in [3.63, 3.8) is 0 Å². The maximum atomic E-state index is 8.24. The van der Waals surface area contributed by atoms with Gasteiger partial charge >= 0.3 is 0 Å². The van der Waals surface area contributed by atoms with Gasteiger partial charge < -0.3 is 21.4 Å². The standard InChI is InChI=1S/C4H11N3O2/c5-4(6)7-9-3-1-2-8/h8H,1-3H2,(H4,5,6,7). The van der Waals surface area contributed by atoms with Gasteiger partial charge in [-0.1, -0.05) is 0 Å². The molecule has 54 valence electrons. The molecule has 0 saturated heterocycles. The molecule has 0 fully saturated rings. The minimum atomic E-state index is -0.104. The summed E-state index contributed by atoms with van der Waals surface area (Å²) in [5.41, 5.74) is 9.83. The SMILES string of the molecule is NC(N)=NOCCCO. The molecule has 0 aromatic rings. The Labute approximate surface area is 53.3 Å². The predicted octanol–water partition coefficient (Wildman–Crippen LogP) is -1.43. The van der Waals surface area contributed by atoms with Crippen molar-refractivity contribution in [3.05, 3.63) is 0 Å².